The second-order valence-corrected chi connectivity index (χ2v) is 3.32. The quantitative estimate of drug-likeness (QED) is 0.750. The number of nitrogens with zero attached hydrogens (tertiary/aromatic N) is 3. The van der Waals surface area contributed by atoms with Crippen molar-refractivity contribution >= 4 is 10.9 Å². The van der Waals surface area contributed by atoms with Gasteiger partial charge in [-0.2, -0.15) is 0 Å². The minimum atomic E-state index is -0.0852. The molecule has 0 bridgehead atoms. The van der Waals surface area contributed by atoms with E-state index < -0.39 is 0 Å². The number of pyridine rings is 1. The van der Waals surface area contributed by atoms with E-state index in [-0.39, 0.29) is 5.56 Å². The Kier molecular flexibility index (Phi) is 2.47. The summed E-state index contributed by atoms with van der Waals surface area (Å²) in [7, 11) is 0. The van der Waals surface area contributed by atoms with Gasteiger partial charge in [0.25, 0.3) is 5.56 Å². The molecule has 0 saturated carbocycles. The molecule has 2 aromatic rings. The lowest BCUT2D eigenvalue weighted by Gasteiger charge is -2.04. The molecule has 0 amide bonds. The summed E-state index contributed by atoms with van der Waals surface area (Å²) >= 11 is 0. The van der Waals surface area contributed by atoms with Gasteiger partial charge < -0.3 is 10.3 Å². The normalized spacial score (nSPS) is 10.8. The molecule has 0 radical (unpaired) electrons. The van der Waals surface area contributed by atoms with Gasteiger partial charge >= 0.3 is 0 Å². The van der Waals surface area contributed by atoms with E-state index >= 15 is 0 Å². The van der Waals surface area contributed by atoms with Crippen molar-refractivity contribution in [2.24, 2.45) is 5.73 Å². The van der Waals surface area contributed by atoms with E-state index in [4.69, 9.17) is 5.73 Å². The van der Waals surface area contributed by atoms with Gasteiger partial charge in [0, 0.05) is 25.5 Å². The Labute approximate surface area is 86.6 Å². The van der Waals surface area contributed by atoms with Gasteiger partial charge in [-0.05, 0) is 13.0 Å². The molecule has 0 saturated heterocycles. The molecule has 0 aromatic carbocycles. The van der Waals surface area contributed by atoms with Crippen LogP contribution in [-0.4, -0.2) is 21.1 Å². The van der Waals surface area contributed by atoms with E-state index in [1.54, 1.807) is 30.0 Å². The van der Waals surface area contributed by atoms with Crippen LogP contribution in [0.5, 0.6) is 0 Å². The first-order valence-electron chi connectivity index (χ1n) is 4.75. The molecule has 2 heterocycles. The van der Waals surface area contributed by atoms with Gasteiger partial charge in [-0.15, -0.1) is 0 Å². The molecule has 5 heteroatoms. The fourth-order valence-electron chi connectivity index (χ4n) is 1.48. The third kappa shape index (κ3) is 1.73. The Bertz CT molecular complexity index is 547. The molecule has 2 rings (SSSR count). The van der Waals surface area contributed by atoms with Crippen LogP contribution in [0.4, 0.5) is 0 Å². The van der Waals surface area contributed by atoms with E-state index in [1.807, 2.05) is 0 Å². The van der Waals surface area contributed by atoms with E-state index in [1.165, 1.54) is 0 Å². The molecule has 5 nitrogen and oxygen atoms in total. The standard InChI is InChI=1S/C10H12N4O/c1-7-12-6-8-9(13-7)2-4-14(5-3-11)10(8)15/h2,4,6H,3,5,11H2,1H3. The van der Waals surface area contributed by atoms with Gasteiger partial charge in [0.15, 0.2) is 0 Å². The van der Waals surface area contributed by atoms with Gasteiger partial charge in [0.05, 0.1) is 10.9 Å². The van der Waals surface area contributed by atoms with Gasteiger partial charge in [0.2, 0.25) is 0 Å². The first-order chi connectivity index (χ1) is 7.22. The molecule has 0 fully saturated rings. The second kappa shape index (κ2) is 3.78. The first-order valence-corrected chi connectivity index (χ1v) is 4.75. The molecular weight excluding hydrogens is 192 g/mol. The van der Waals surface area contributed by atoms with Crippen LogP contribution >= 0.6 is 0 Å². The Balaban J connectivity index is 2.69. The molecule has 15 heavy (non-hydrogen) atoms. The van der Waals surface area contributed by atoms with Crippen LogP contribution in [0.3, 0.4) is 0 Å². The largest absolute Gasteiger partial charge is 0.329 e. The summed E-state index contributed by atoms with van der Waals surface area (Å²) in [6.07, 6.45) is 3.27. The number of hydrogen-bond donors (Lipinski definition) is 1. The minimum absolute atomic E-state index is 0.0852. The summed E-state index contributed by atoms with van der Waals surface area (Å²) in [4.78, 5) is 20.1. The number of fused-ring (bicyclic) bond motifs is 1. The number of aromatic nitrogens is 3. The zero-order valence-corrected chi connectivity index (χ0v) is 8.47. The highest BCUT2D eigenvalue weighted by molar-refractivity contribution is 5.76. The van der Waals surface area contributed by atoms with Crippen molar-refractivity contribution in [2.75, 3.05) is 6.54 Å². The zero-order chi connectivity index (χ0) is 10.8. The molecule has 78 valence electrons. The fourth-order valence-corrected chi connectivity index (χ4v) is 1.48. The molecule has 0 aliphatic heterocycles. The van der Waals surface area contributed by atoms with Crippen molar-refractivity contribution < 1.29 is 0 Å². The Morgan fingerprint density at radius 2 is 2.33 bits per heavy atom. The molecule has 0 aliphatic carbocycles. The Morgan fingerprint density at radius 3 is 3.07 bits per heavy atom. The summed E-state index contributed by atoms with van der Waals surface area (Å²) < 4.78 is 1.57. The van der Waals surface area contributed by atoms with Crippen molar-refractivity contribution in [3.63, 3.8) is 0 Å². The van der Waals surface area contributed by atoms with Gasteiger partial charge in [-0.3, -0.25) is 4.79 Å². The predicted molar refractivity (Wildman–Crippen MR) is 57.6 cm³/mol. The second-order valence-electron chi connectivity index (χ2n) is 3.32. The molecule has 2 aromatic heterocycles. The van der Waals surface area contributed by atoms with Crippen LogP contribution < -0.4 is 11.3 Å². The molecule has 0 spiro atoms. The summed E-state index contributed by atoms with van der Waals surface area (Å²) in [6.45, 7) is 2.76. The summed E-state index contributed by atoms with van der Waals surface area (Å²) in [5.41, 5.74) is 6.00. The van der Waals surface area contributed by atoms with Crippen LogP contribution in [0.2, 0.25) is 0 Å². The smallest absolute Gasteiger partial charge is 0.261 e. The van der Waals surface area contributed by atoms with Gasteiger partial charge in [-0.1, -0.05) is 0 Å². The monoisotopic (exact) mass is 204 g/mol. The highest BCUT2D eigenvalue weighted by atomic mass is 16.1. The van der Waals surface area contributed by atoms with Crippen molar-refractivity contribution in [1.29, 1.82) is 0 Å². The van der Waals surface area contributed by atoms with Crippen LogP contribution in [-0.2, 0) is 6.54 Å². The maximum Gasteiger partial charge on any atom is 0.261 e. The highest BCUT2D eigenvalue weighted by Gasteiger charge is 2.03. The lowest BCUT2D eigenvalue weighted by Crippen LogP contribution is -2.23. The number of aryl methyl sites for hydroxylation is 1. The summed E-state index contributed by atoms with van der Waals surface area (Å²) in [6, 6.07) is 1.81. The lowest BCUT2D eigenvalue weighted by atomic mass is 10.3. The van der Waals surface area contributed by atoms with Gasteiger partial charge in [-0.25, -0.2) is 9.97 Å². The van der Waals surface area contributed by atoms with Gasteiger partial charge in [0.1, 0.15) is 5.82 Å². The average molecular weight is 204 g/mol. The van der Waals surface area contributed by atoms with Crippen molar-refractivity contribution in [2.45, 2.75) is 13.5 Å². The Hall–Kier alpha value is -1.75. The number of rotatable bonds is 2. The molecular formula is C10H12N4O. The SMILES string of the molecule is Cc1ncc2c(=O)n(CCN)ccc2n1. The van der Waals surface area contributed by atoms with Crippen LogP contribution in [0.25, 0.3) is 10.9 Å². The average Bonchev–Trinajstić information content (AvgIpc) is 2.22. The van der Waals surface area contributed by atoms with Crippen LogP contribution in [0, 0.1) is 6.92 Å². The topological polar surface area (TPSA) is 73.8 Å². The van der Waals surface area contributed by atoms with E-state index in [2.05, 4.69) is 9.97 Å². The highest BCUT2D eigenvalue weighted by Crippen LogP contribution is 2.04. The van der Waals surface area contributed by atoms with Crippen LogP contribution in [0.15, 0.2) is 23.3 Å². The maximum atomic E-state index is 11.9. The lowest BCUT2D eigenvalue weighted by molar-refractivity contribution is 0.686. The van der Waals surface area contributed by atoms with Crippen molar-refractivity contribution in [3.05, 3.63) is 34.6 Å². The van der Waals surface area contributed by atoms with E-state index in [9.17, 15) is 4.79 Å². The molecule has 2 N–H and O–H groups in total. The van der Waals surface area contributed by atoms with E-state index in [0.29, 0.717) is 29.8 Å². The Morgan fingerprint density at radius 1 is 1.53 bits per heavy atom. The van der Waals surface area contributed by atoms with Crippen LogP contribution in [0.1, 0.15) is 5.82 Å². The van der Waals surface area contributed by atoms with Crippen molar-refractivity contribution in [3.8, 4) is 0 Å². The third-order valence-corrected chi connectivity index (χ3v) is 2.21. The van der Waals surface area contributed by atoms with Crippen molar-refractivity contribution in [1.82, 2.24) is 14.5 Å². The number of nitrogens with two attached hydrogens (primary N) is 1. The zero-order valence-electron chi connectivity index (χ0n) is 8.47. The predicted octanol–water partition coefficient (Wildman–Crippen LogP) is 0.0586. The minimum Gasteiger partial charge on any atom is -0.329 e. The fraction of sp³-hybridized carbons (Fsp3) is 0.300. The first kappa shape index (κ1) is 9.79. The maximum absolute atomic E-state index is 11.9. The molecule has 0 atom stereocenters. The third-order valence-electron chi connectivity index (χ3n) is 2.21. The number of hydrogen-bond acceptors (Lipinski definition) is 4. The van der Waals surface area contributed by atoms with E-state index in [0.717, 1.165) is 0 Å². The summed E-state index contributed by atoms with van der Waals surface area (Å²) in [5, 5.41) is 0.538. The summed E-state index contributed by atoms with van der Waals surface area (Å²) in [5.74, 6) is 0.665. The molecule has 0 unspecified atom stereocenters. The molecule has 0 aliphatic rings.